The van der Waals surface area contributed by atoms with Crippen molar-refractivity contribution in [3.05, 3.63) is 30.0 Å². The molecule has 0 saturated carbocycles. The molecule has 1 aromatic heterocycles. The first-order chi connectivity index (χ1) is 8.58. The van der Waals surface area contributed by atoms with Crippen molar-refractivity contribution >= 4 is 16.9 Å². The molecule has 1 atom stereocenters. The number of aliphatic carboxylic acids is 1. The van der Waals surface area contributed by atoms with Gasteiger partial charge in [-0.25, -0.2) is 0 Å². The number of aryl methyl sites for hydroxylation is 1. The van der Waals surface area contributed by atoms with Gasteiger partial charge in [-0.1, -0.05) is 0 Å². The van der Waals surface area contributed by atoms with E-state index < -0.39 is 12.0 Å². The summed E-state index contributed by atoms with van der Waals surface area (Å²) in [7, 11) is 1.58. The van der Waals surface area contributed by atoms with Gasteiger partial charge in [0.1, 0.15) is 11.8 Å². The molecule has 0 spiro atoms. The van der Waals surface area contributed by atoms with Gasteiger partial charge < -0.3 is 20.1 Å². The number of benzene rings is 1. The van der Waals surface area contributed by atoms with Crippen molar-refractivity contribution in [2.45, 2.75) is 19.5 Å². The van der Waals surface area contributed by atoms with Crippen molar-refractivity contribution in [3.63, 3.8) is 0 Å². The quantitative estimate of drug-likeness (QED) is 0.864. The molecular formula is C13H16N2O3. The Labute approximate surface area is 105 Å². The number of carboxylic acid groups (broad SMARTS) is 1. The highest BCUT2D eigenvalue weighted by Gasteiger charge is 2.20. The highest BCUT2D eigenvalue weighted by molar-refractivity contribution is 5.90. The fraction of sp³-hybridized carbons (Fsp3) is 0.308. The van der Waals surface area contributed by atoms with Gasteiger partial charge in [-0.3, -0.25) is 4.79 Å². The molecule has 0 aliphatic heterocycles. The Morgan fingerprint density at radius 2 is 2.28 bits per heavy atom. The smallest absolute Gasteiger partial charge is 0.325 e. The highest BCUT2D eigenvalue weighted by Crippen LogP contribution is 2.29. The van der Waals surface area contributed by atoms with Crippen molar-refractivity contribution in [1.82, 2.24) is 4.57 Å². The second-order valence-electron chi connectivity index (χ2n) is 4.07. The van der Waals surface area contributed by atoms with E-state index in [1.807, 2.05) is 29.7 Å². The van der Waals surface area contributed by atoms with E-state index in [0.29, 0.717) is 11.3 Å². The summed E-state index contributed by atoms with van der Waals surface area (Å²) in [5, 5.41) is 9.86. The summed E-state index contributed by atoms with van der Waals surface area (Å²) < 4.78 is 7.14. The maximum absolute atomic E-state index is 11.0. The van der Waals surface area contributed by atoms with E-state index in [0.717, 1.165) is 17.4 Å². The van der Waals surface area contributed by atoms with E-state index in [9.17, 15) is 4.79 Å². The maximum atomic E-state index is 11.0. The molecule has 2 rings (SSSR count). The normalized spacial score (nSPS) is 12.6. The van der Waals surface area contributed by atoms with Gasteiger partial charge in [-0.15, -0.1) is 0 Å². The van der Waals surface area contributed by atoms with Crippen LogP contribution < -0.4 is 10.5 Å². The lowest BCUT2D eigenvalue weighted by Gasteiger charge is -2.05. The van der Waals surface area contributed by atoms with Gasteiger partial charge in [0.2, 0.25) is 0 Å². The van der Waals surface area contributed by atoms with Crippen LogP contribution in [-0.2, 0) is 11.3 Å². The van der Waals surface area contributed by atoms with Crippen molar-refractivity contribution in [2.75, 3.05) is 7.11 Å². The number of fused-ring (bicyclic) bond motifs is 1. The topological polar surface area (TPSA) is 77.5 Å². The van der Waals surface area contributed by atoms with Crippen LogP contribution in [0.4, 0.5) is 0 Å². The lowest BCUT2D eigenvalue weighted by molar-refractivity contribution is -0.138. The Hall–Kier alpha value is -2.01. The molecule has 1 aromatic carbocycles. The molecule has 1 heterocycles. The zero-order chi connectivity index (χ0) is 13.3. The first-order valence-electron chi connectivity index (χ1n) is 5.73. The highest BCUT2D eigenvalue weighted by atomic mass is 16.5. The van der Waals surface area contributed by atoms with Gasteiger partial charge in [0, 0.05) is 29.2 Å². The summed E-state index contributed by atoms with van der Waals surface area (Å²) in [6, 6.07) is 4.56. The first kappa shape index (κ1) is 12.4. The molecule has 5 nitrogen and oxygen atoms in total. The summed E-state index contributed by atoms with van der Waals surface area (Å²) in [6.07, 6.45) is 1.79. The molecule has 0 bridgehead atoms. The summed E-state index contributed by atoms with van der Waals surface area (Å²) in [4.78, 5) is 11.0. The van der Waals surface area contributed by atoms with Crippen LogP contribution in [0.15, 0.2) is 24.4 Å². The zero-order valence-electron chi connectivity index (χ0n) is 10.4. The minimum Gasteiger partial charge on any atom is -0.497 e. The minimum absolute atomic E-state index is 0.609. The fourth-order valence-corrected chi connectivity index (χ4v) is 2.07. The van der Waals surface area contributed by atoms with Crippen molar-refractivity contribution in [3.8, 4) is 5.75 Å². The third-order valence-electron chi connectivity index (χ3n) is 3.06. The molecule has 0 amide bonds. The number of carboxylic acids is 1. The van der Waals surface area contributed by atoms with E-state index in [4.69, 9.17) is 15.6 Å². The van der Waals surface area contributed by atoms with Gasteiger partial charge in [0.15, 0.2) is 0 Å². The van der Waals surface area contributed by atoms with Crippen LogP contribution in [0.3, 0.4) is 0 Å². The van der Waals surface area contributed by atoms with Gasteiger partial charge >= 0.3 is 5.97 Å². The molecule has 96 valence electrons. The molecule has 2 aromatic rings. The molecule has 0 aliphatic rings. The van der Waals surface area contributed by atoms with E-state index in [1.54, 1.807) is 13.3 Å². The number of carbonyl (C=O) groups is 1. The molecule has 0 fully saturated rings. The molecule has 5 heteroatoms. The molecule has 3 N–H and O–H groups in total. The third-order valence-corrected chi connectivity index (χ3v) is 3.06. The van der Waals surface area contributed by atoms with E-state index in [2.05, 4.69) is 0 Å². The molecule has 18 heavy (non-hydrogen) atoms. The van der Waals surface area contributed by atoms with Crippen LogP contribution in [0, 0.1) is 0 Å². The van der Waals surface area contributed by atoms with E-state index in [1.165, 1.54) is 0 Å². The number of ether oxygens (including phenoxy) is 1. The number of hydrogen-bond donors (Lipinski definition) is 2. The second kappa shape index (κ2) is 4.70. The fourth-order valence-electron chi connectivity index (χ4n) is 2.07. The zero-order valence-corrected chi connectivity index (χ0v) is 10.4. The van der Waals surface area contributed by atoms with Crippen molar-refractivity contribution < 1.29 is 14.6 Å². The number of nitrogens with two attached hydrogens (primary N) is 1. The van der Waals surface area contributed by atoms with Crippen molar-refractivity contribution in [1.29, 1.82) is 0 Å². The van der Waals surface area contributed by atoms with Crippen LogP contribution in [0.5, 0.6) is 5.75 Å². The number of hydrogen-bond acceptors (Lipinski definition) is 3. The van der Waals surface area contributed by atoms with Gasteiger partial charge in [-0.2, -0.15) is 0 Å². The monoisotopic (exact) mass is 248 g/mol. The molecule has 1 unspecified atom stereocenters. The SMILES string of the molecule is CCn1cc(C(N)C(=O)O)c2cc(OC)ccc21. The summed E-state index contributed by atoms with van der Waals surface area (Å²) in [5.41, 5.74) is 7.28. The average molecular weight is 248 g/mol. The van der Waals surface area contributed by atoms with Gasteiger partial charge in [0.05, 0.1) is 7.11 Å². The van der Waals surface area contributed by atoms with Crippen LogP contribution in [0.25, 0.3) is 10.9 Å². The number of aromatic nitrogens is 1. The van der Waals surface area contributed by atoms with Crippen LogP contribution >= 0.6 is 0 Å². The predicted molar refractivity (Wildman–Crippen MR) is 68.7 cm³/mol. The Kier molecular flexibility index (Phi) is 3.25. The Bertz CT molecular complexity index is 589. The molecule has 0 saturated heterocycles. The molecule has 0 radical (unpaired) electrons. The minimum atomic E-state index is -1.03. The second-order valence-corrected chi connectivity index (χ2v) is 4.07. The van der Waals surface area contributed by atoms with Gasteiger partial charge in [0.25, 0.3) is 0 Å². The van der Waals surface area contributed by atoms with Crippen LogP contribution in [-0.4, -0.2) is 22.8 Å². The molecular weight excluding hydrogens is 232 g/mol. The maximum Gasteiger partial charge on any atom is 0.325 e. The summed E-state index contributed by atoms with van der Waals surface area (Å²) >= 11 is 0. The lowest BCUT2D eigenvalue weighted by atomic mass is 10.1. The van der Waals surface area contributed by atoms with Crippen LogP contribution in [0.2, 0.25) is 0 Å². The van der Waals surface area contributed by atoms with Crippen LogP contribution in [0.1, 0.15) is 18.5 Å². The number of methoxy groups -OCH3 is 1. The molecule has 0 aliphatic carbocycles. The summed E-state index contributed by atoms with van der Waals surface area (Å²) in [5.74, 6) is -0.344. The van der Waals surface area contributed by atoms with E-state index >= 15 is 0 Å². The Balaban J connectivity index is 2.68. The third kappa shape index (κ3) is 1.93. The number of nitrogens with zero attached hydrogens (tertiary/aromatic N) is 1. The Morgan fingerprint density at radius 1 is 1.56 bits per heavy atom. The van der Waals surface area contributed by atoms with E-state index in [-0.39, 0.29) is 0 Å². The van der Waals surface area contributed by atoms with Gasteiger partial charge in [-0.05, 0) is 25.1 Å². The predicted octanol–water partition coefficient (Wildman–Crippen LogP) is 1.75. The standard InChI is InChI=1S/C13H16N2O3/c1-3-15-7-10(12(14)13(16)17)9-6-8(18-2)4-5-11(9)15/h4-7,12H,3,14H2,1-2H3,(H,16,17). The first-order valence-corrected chi connectivity index (χ1v) is 5.73. The van der Waals surface area contributed by atoms with Crippen molar-refractivity contribution in [2.24, 2.45) is 5.73 Å². The largest absolute Gasteiger partial charge is 0.497 e. The average Bonchev–Trinajstić information content (AvgIpc) is 2.75. The summed E-state index contributed by atoms with van der Waals surface area (Å²) in [6.45, 7) is 2.76. The Morgan fingerprint density at radius 3 is 2.83 bits per heavy atom. The number of rotatable bonds is 4. The lowest BCUT2D eigenvalue weighted by Crippen LogP contribution is -2.20.